The Bertz CT molecular complexity index is 580. The van der Waals surface area contributed by atoms with Crippen molar-refractivity contribution in [3.05, 3.63) is 65.2 Å². The molecule has 0 bridgehead atoms. The average molecular weight is 254 g/mol. The zero-order valence-electron chi connectivity index (χ0n) is 10.5. The lowest BCUT2D eigenvalue weighted by Crippen LogP contribution is -2.31. The summed E-state index contributed by atoms with van der Waals surface area (Å²) in [5, 5.41) is 2.34. The van der Waals surface area contributed by atoms with E-state index in [9.17, 15) is 9.59 Å². The molecule has 0 fully saturated rings. The molecule has 96 valence electrons. The number of para-hydroxylation sites is 1. The van der Waals surface area contributed by atoms with E-state index in [1.165, 1.54) is 0 Å². The van der Waals surface area contributed by atoms with Crippen LogP contribution in [0.5, 0.6) is 0 Å². The van der Waals surface area contributed by atoms with Crippen LogP contribution in [0.1, 0.15) is 26.3 Å². The van der Waals surface area contributed by atoms with Crippen LogP contribution in [0.2, 0.25) is 0 Å². The molecule has 0 radical (unpaired) electrons. The number of carbonyl (C=O) groups is 2. The number of imide groups is 1. The Hall–Kier alpha value is -2.62. The zero-order valence-corrected chi connectivity index (χ0v) is 10.5. The number of nitrogens with two attached hydrogens (primary N) is 1. The molecule has 19 heavy (non-hydrogen) atoms. The minimum Gasteiger partial charge on any atom is -0.398 e. The van der Waals surface area contributed by atoms with E-state index in [1.807, 2.05) is 19.1 Å². The molecule has 0 saturated carbocycles. The highest BCUT2D eigenvalue weighted by Crippen LogP contribution is 2.11. The largest absolute Gasteiger partial charge is 0.398 e. The van der Waals surface area contributed by atoms with E-state index in [-0.39, 0.29) is 0 Å². The van der Waals surface area contributed by atoms with Crippen molar-refractivity contribution in [3.63, 3.8) is 0 Å². The summed E-state index contributed by atoms with van der Waals surface area (Å²) in [6.45, 7) is 1.82. The lowest BCUT2D eigenvalue weighted by molar-refractivity contribution is 0.0849. The van der Waals surface area contributed by atoms with Crippen molar-refractivity contribution in [1.29, 1.82) is 0 Å². The van der Waals surface area contributed by atoms with Gasteiger partial charge in [-0.2, -0.15) is 0 Å². The molecule has 0 aromatic heterocycles. The number of aryl methyl sites for hydroxylation is 1. The quantitative estimate of drug-likeness (QED) is 0.637. The van der Waals surface area contributed by atoms with Crippen LogP contribution in [-0.4, -0.2) is 11.8 Å². The van der Waals surface area contributed by atoms with Crippen molar-refractivity contribution in [1.82, 2.24) is 5.32 Å². The Labute approximate surface area is 111 Å². The van der Waals surface area contributed by atoms with Crippen LogP contribution in [0, 0.1) is 6.92 Å². The Balaban J connectivity index is 2.19. The summed E-state index contributed by atoms with van der Waals surface area (Å²) in [5.41, 5.74) is 7.63. The van der Waals surface area contributed by atoms with Gasteiger partial charge in [0.2, 0.25) is 0 Å². The summed E-state index contributed by atoms with van der Waals surface area (Å²) in [5.74, 6) is -0.919. The lowest BCUT2D eigenvalue weighted by Gasteiger charge is -2.08. The van der Waals surface area contributed by atoms with E-state index >= 15 is 0 Å². The molecule has 2 rings (SSSR count). The Morgan fingerprint density at radius 2 is 1.42 bits per heavy atom. The van der Waals surface area contributed by atoms with Crippen molar-refractivity contribution in [3.8, 4) is 0 Å². The van der Waals surface area contributed by atoms with Crippen molar-refractivity contribution in [2.75, 3.05) is 5.73 Å². The maximum Gasteiger partial charge on any atom is 0.260 e. The number of amides is 2. The smallest absolute Gasteiger partial charge is 0.260 e. The summed E-state index contributed by atoms with van der Waals surface area (Å²) in [6, 6.07) is 13.7. The number of anilines is 1. The molecule has 3 N–H and O–H groups in total. The van der Waals surface area contributed by atoms with E-state index in [1.54, 1.807) is 36.4 Å². The summed E-state index contributed by atoms with van der Waals surface area (Å²) in [6.07, 6.45) is 0. The fourth-order valence-corrected chi connectivity index (χ4v) is 1.77. The first-order valence-electron chi connectivity index (χ1n) is 5.85. The molecular weight excluding hydrogens is 240 g/mol. The molecule has 0 heterocycles. The van der Waals surface area contributed by atoms with Gasteiger partial charge in [-0.15, -0.1) is 0 Å². The first kappa shape index (κ1) is 12.8. The Kier molecular flexibility index (Phi) is 3.61. The van der Waals surface area contributed by atoms with Crippen LogP contribution in [0.25, 0.3) is 0 Å². The van der Waals surface area contributed by atoms with Crippen molar-refractivity contribution in [2.45, 2.75) is 6.92 Å². The average Bonchev–Trinajstić information content (AvgIpc) is 2.39. The van der Waals surface area contributed by atoms with Crippen LogP contribution in [-0.2, 0) is 0 Å². The molecule has 0 unspecified atom stereocenters. The molecule has 0 spiro atoms. The molecule has 0 aliphatic heterocycles. The second kappa shape index (κ2) is 5.35. The molecule has 4 nitrogen and oxygen atoms in total. The van der Waals surface area contributed by atoms with Gasteiger partial charge in [0.25, 0.3) is 11.8 Å². The molecule has 2 amide bonds. The fraction of sp³-hybridized carbons (Fsp3) is 0.0667. The molecule has 2 aromatic rings. The molecule has 0 aliphatic carbocycles. The Morgan fingerprint density at radius 3 is 2.05 bits per heavy atom. The third kappa shape index (κ3) is 2.80. The van der Waals surface area contributed by atoms with E-state index < -0.39 is 11.8 Å². The third-order valence-corrected chi connectivity index (χ3v) is 2.82. The van der Waals surface area contributed by atoms with Gasteiger partial charge >= 0.3 is 0 Å². The van der Waals surface area contributed by atoms with Gasteiger partial charge < -0.3 is 5.73 Å². The van der Waals surface area contributed by atoms with Crippen molar-refractivity contribution < 1.29 is 9.59 Å². The number of benzene rings is 2. The molecule has 0 aliphatic rings. The van der Waals surface area contributed by atoms with Crippen LogP contribution >= 0.6 is 0 Å². The van der Waals surface area contributed by atoms with Crippen molar-refractivity contribution >= 4 is 17.5 Å². The standard InChI is InChI=1S/C15H14N2O2/c1-10-6-2-3-7-11(10)14(18)17-15(19)12-8-4-5-9-13(12)16/h2-9H,16H2,1H3,(H,17,18,19). The predicted molar refractivity (Wildman–Crippen MR) is 73.8 cm³/mol. The van der Waals surface area contributed by atoms with Gasteiger partial charge in [-0.05, 0) is 30.7 Å². The van der Waals surface area contributed by atoms with E-state index in [0.717, 1.165) is 5.56 Å². The van der Waals surface area contributed by atoms with Gasteiger partial charge in [-0.1, -0.05) is 30.3 Å². The third-order valence-electron chi connectivity index (χ3n) is 2.82. The van der Waals surface area contributed by atoms with Crippen molar-refractivity contribution in [2.24, 2.45) is 0 Å². The fourth-order valence-electron chi connectivity index (χ4n) is 1.77. The van der Waals surface area contributed by atoms with E-state index in [0.29, 0.717) is 16.8 Å². The maximum atomic E-state index is 12.0. The predicted octanol–water partition coefficient (Wildman–Crippen LogP) is 2.15. The summed E-state index contributed by atoms with van der Waals surface area (Å²) in [7, 11) is 0. The normalized spacial score (nSPS) is 9.95. The molecule has 0 saturated heterocycles. The highest BCUT2D eigenvalue weighted by Gasteiger charge is 2.15. The monoisotopic (exact) mass is 254 g/mol. The van der Waals surface area contributed by atoms with Crippen LogP contribution in [0.4, 0.5) is 5.69 Å². The van der Waals surface area contributed by atoms with Crippen LogP contribution in [0.3, 0.4) is 0 Å². The molecular formula is C15H14N2O2. The topological polar surface area (TPSA) is 72.2 Å². The first-order valence-corrected chi connectivity index (χ1v) is 5.85. The Morgan fingerprint density at radius 1 is 0.895 bits per heavy atom. The zero-order chi connectivity index (χ0) is 13.8. The van der Waals surface area contributed by atoms with Gasteiger partial charge in [0.15, 0.2) is 0 Å². The number of hydrogen-bond acceptors (Lipinski definition) is 3. The summed E-state index contributed by atoms with van der Waals surface area (Å²) < 4.78 is 0. The minimum absolute atomic E-state index is 0.296. The van der Waals surface area contributed by atoms with Gasteiger partial charge in [0.1, 0.15) is 0 Å². The number of nitrogens with one attached hydrogen (secondary N) is 1. The maximum absolute atomic E-state index is 12.0. The first-order chi connectivity index (χ1) is 9.09. The van der Waals surface area contributed by atoms with Crippen LogP contribution < -0.4 is 11.1 Å². The number of nitrogen functional groups attached to an aromatic ring is 1. The lowest BCUT2D eigenvalue weighted by atomic mass is 10.1. The molecule has 2 aromatic carbocycles. The second-order valence-electron chi connectivity index (χ2n) is 4.19. The molecule has 0 atom stereocenters. The second-order valence-corrected chi connectivity index (χ2v) is 4.19. The van der Waals surface area contributed by atoms with Gasteiger partial charge in [-0.25, -0.2) is 0 Å². The van der Waals surface area contributed by atoms with Gasteiger partial charge in [0, 0.05) is 11.3 Å². The summed E-state index contributed by atoms with van der Waals surface area (Å²) in [4.78, 5) is 23.9. The highest BCUT2D eigenvalue weighted by molar-refractivity contribution is 6.12. The van der Waals surface area contributed by atoms with Gasteiger partial charge in [-0.3, -0.25) is 14.9 Å². The summed E-state index contributed by atoms with van der Waals surface area (Å²) >= 11 is 0. The minimum atomic E-state index is -0.494. The molecule has 4 heteroatoms. The SMILES string of the molecule is Cc1ccccc1C(=O)NC(=O)c1ccccc1N. The van der Waals surface area contributed by atoms with E-state index in [4.69, 9.17) is 5.73 Å². The van der Waals surface area contributed by atoms with E-state index in [2.05, 4.69) is 5.32 Å². The van der Waals surface area contributed by atoms with Crippen LogP contribution in [0.15, 0.2) is 48.5 Å². The number of rotatable bonds is 2. The highest BCUT2D eigenvalue weighted by atomic mass is 16.2. The van der Waals surface area contributed by atoms with Gasteiger partial charge in [0.05, 0.1) is 5.56 Å². The number of hydrogen-bond donors (Lipinski definition) is 2. The number of carbonyl (C=O) groups excluding carboxylic acids is 2.